The first-order valence-electron chi connectivity index (χ1n) is 6.07. The molecule has 19 heavy (non-hydrogen) atoms. The predicted octanol–water partition coefficient (Wildman–Crippen LogP) is 2.26. The molecule has 2 aromatic rings. The number of rotatable bonds is 4. The van der Waals surface area contributed by atoms with Gasteiger partial charge in [-0.15, -0.1) is 0 Å². The third-order valence-corrected chi connectivity index (χ3v) is 2.88. The summed E-state index contributed by atoms with van der Waals surface area (Å²) in [5.41, 5.74) is 3.36. The lowest BCUT2D eigenvalue weighted by atomic mass is 10.1. The normalized spacial score (nSPS) is 10.5. The Morgan fingerprint density at radius 2 is 2.11 bits per heavy atom. The number of nitrogens with zero attached hydrogens (tertiary/aromatic N) is 1. The van der Waals surface area contributed by atoms with Crippen LogP contribution in [0.25, 0.3) is 0 Å². The molecule has 0 unspecified atom stereocenters. The minimum atomic E-state index is -0.269. The van der Waals surface area contributed by atoms with Gasteiger partial charge in [-0.1, -0.05) is 6.07 Å². The van der Waals surface area contributed by atoms with Crippen molar-refractivity contribution in [3.05, 3.63) is 47.2 Å². The van der Waals surface area contributed by atoms with E-state index < -0.39 is 0 Å². The molecule has 5 nitrogen and oxygen atoms in total. The van der Waals surface area contributed by atoms with Crippen LogP contribution in [0.15, 0.2) is 28.9 Å². The van der Waals surface area contributed by atoms with Crippen molar-refractivity contribution in [1.82, 2.24) is 10.3 Å². The summed E-state index contributed by atoms with van der Waals surface area (Å²) >= 11 is 0. The molecule has 2 rings (SSSR count). The fourth-order valence-electron chi connectivity index (χ4n) is 1.66. The number of benzene rings is 1. The highest BCUT2D eigenvalue weighted by atomic mass is 16.3. The van der Waals surface area contributed by atoms with Gasteiger partial charge in [-0.3, -0.25) is 4.79 Å². The molecule has 5 heteroatoms. The number of oxazole rings is 1. The van der Waals surface area contributed by atoms with E-state index >= 15 is 0 Å². The van der Waals surface area contributed by atoms with E-state index in [0.29, 0.717) is 12.4 Å². The average Bonchev–Trinajstić information content (AvgIpc) is 2.83. The fraction of sp³-hybridized carbons (Fsp3) is 0.286. The summed E-state index contributed by atoms with van der Waals surface area (Å²) in [6, 6.07) is 5.77. The summed E-state index contributed by atoms with van der Waals surface area (Å²) in [7, 11) is 1.79. The van der Waals surface area contributed by atoms with E-state index in [9.17, 15) is 4.79 Å². The molecule has 0 spiro atoms. The van der Waals surface area contributed by atoms with Crippen LogP contribution in [0, 0.1) is 13.8 Å². The summed E-state index contributed by atoms with van der Waals surface area (Å²) in [4.78, 5) is 16.1. The van der Waals surface area contributed by atoms with Gasteiger partial charge in [0.1, 0.15) is 6.26 Å². The third-order valence-electron chi connectivity index (χ3n) is 2.88. The van der Waals surface area contributed by atoms with E-state index in [4.69, 9.17) is 4.42 Å². The zero-order valence-electron chi connectivity index (χ0n) is 11.3. The highest BCUT2D eigenvalue weighted by Gasteiger charge is 2.12. The van der Waals surface area contributed by atoms with E-state index in [1.165, 1.54) is 11.8 Å². The van der Waals surface area contributed by atoms with E-state index in [0.717, 1.165) is 11.3 Å². The molecule has 1 heterocycles. The molecule has 0 aliphatic carbocycles. The second-order valence-corrected chi connectivity index (χ2v) is 4.41. The van der Waals surface area contributed by atoms with Crippen LogP contribution in [0.4, 0.5) is 5.69 Å². The summed E-state index contributed by atoms with van der Waals surface area (Å²) < 4.78 is 5.17. The van der Waals surface area contributed by atoms with Gasteiger partial charge >= 0.3 is 0 Å². The molecule has 1 amide bonds. The van der Waals surface area contributed by atoms with Crippen molar-refractivity contribution in [1.29, 1.82) is 0 Å². The standard InChI is InChI=1S/C14H17N3O2/c1-9-4-5-11(6-10(9)2)16-14(18)12-8-19-13(17-12)7-15-3/h4-6,8,15H,7H2,1-3H3,(H,16,18). The lowest BCUT2D eigenvalue weighted by Gasteiger charge is -2.05. The largest absolute Gasteiger partial charge is 0.447 e. The molecule has 0 saturated heterocycles. The van der Waals surface area contributed by atoms with Crippen molar-refractivity contribution >= 4 is 11.6 Å². The number of hydrogen-bond acceptors (Lipinski definition) is 4. The number of aromatic nitrogens is 1. The SMILES string of the molecule is CNCc1nc(C(=O)Nc2ccc(C)c(C)c2)co1. The molecular formula is C14H17N3O2. The number of hydrogen-bond donors (Lipinski definition) is 2. The molecule has 0 aliphatic heterocycles. The Kier molecular flexibility index (Phi) is 3.97. The van der Waals surface area contributed by atoms with Gasteiger partial charge in [0, 0.05) is 5.69 Å². The van der Waals surface area contributed by atoms with Crippen LogP contribution < -0.4 is 10.6 Å². The molecule has 0 fully saturated rings. The molecule has 0 bridgehead atoms. The van der Waals surface area contributed by atoms with Gasteiger partial charge in [0.15, 0.2) is 5.69 Å². The summed E-state index contributed by atoms with van der Waals surface area (Å²) in [5.74, 6) is 0.224. The maximum atomic E-state index is 12.0. The summed E-state index contributed by atoms with van der Waals surface area (Å²) in [5, 5.41) is 5.71. The van der Waals surface area contributed by atoms with Crippen molar-refractivity contribution < 1.29 is 9.21 Å². The van der Waals surface area contributed by atoms with E-state index in [2.05, 4.69) is 15.6 Å². The third kappa shape index (κ3) is 3.20. The Morgan fingerprint density at radius 1 is 1.32 bits per heavy atom. The van der Waals surface area contributed by atoms with Crippen molar-refractivity contribution in [2.24, 2.45) is 0 Å². The van der Waals surface area contributed by atoms with Gasteiger partial charge in [-0.05, 0) is 44.2 Å². The van der Waals surface area contributed by atoms with Gasteiger partial charge in [0.05, 0.1) is 6.54 Å². The monoisotopic (exact) mass is 259 g/mol. The molecule has 2 N–H and O–H groups in total. The first-order chi connectivity index (χ1) is 9.10. The average molecular weight is 259 g/mol. The van der Waals surface area contributed by atoms with Crippen molar-refractivity contribution in [2.45, 2.75) is 20.4 Å². The Bertz CT molecular complexity index is 590. The summed E-state index contributed by atoms with van der Waals surface area (Å²) in [6.07, 6.45) is 1.36. The van der Waals surface area contributed by atoms with Crippen molar-refractivity contribution in [3.8, 4) is 0 Å². The second kappa shape index (κ2) is 5.67. The first kappa shape index (κ1) is 13.3. The van der Waals surface area contributed by atoms with Crippen LogP contribution in [0.3, 0.4) is 0 Å². The minimum absolute atomic E-state index is 0.269. The molecule has 0 radical (unpaired) electrons. The molecule has 0 saturated carbocycles. The van der Waals surface area contributed by atoms with Crippen LogP contribution in [0.2, 0.25) is 0 Å². The van der Waals surface area contributed by atoms with Crippen LogP contribution in [-0.4, -0.2) is 17.9 Å². The Labute approximate surface area is 112 Å². The van der Waals surface area contributed by atoms with Crippen LogP contribution >= 0.6 is 0 Å². The molecule has 100 valence electrons. The highest BCUT2D eigenvalue weighted by molar-refractivity contribution is 6.02. The number of nitrogens with one attached hydrogen (secondary N) is 2. The number of amides is 1. The van der Waals surface area contributed by atoms with Crippen LogP contribution in [0.5, 0.6) is 0 Å². The van der Waals surface area contributed by atoms with Crippen LogP contribution in [-0.2, 0) is 6.54 Å². The number of carbonyl (C=O) groups excluding carboxylic acids is 1. The zero-order chi connectivity index (χ0) is 13.8. The first-order valence-corrected chi connectivity index (χ1v) is 6.07. The molecule has 1 aromatic carbocycles. The van der Waals surface area contributed by atoms with Gasteiger partial charge in [0.2, 0.25) is 5.89 Å². The van der Waals surface area contributed by atoms with E-state index in [1.54, 1.807) is 7.05 Å². The van der Waals surface area contributed by atoms with E-state index in [1.807, 2.05) is 32.0 Å². The van der Waals surface area contributed by atoms with Gasteiger partial charge in [-0.2, -0.15) is 0 Å². The second-order valence-electron chi connectivity index (χ2n) is 4.41. The number of carbonyl (C=O) groups is 1. The lowest BCUT2D eigenvalue weighted by molar-refractivity contribution is 0.102. The van der Waals surface area contributed by atoms with E-state index in [-0.39, 0.29) is 11.6 Å². The summed E-state index contributed by atoms with van der Waals surface area (Å²) in [6.45, 7) is 4.53. The fourth-order valence-corrected chi connectivity index (χ4v) is 1.66. The molecule has 1 aromatic heterocycles. The Hall–Kier alpha value is -2.14. The van der Waals surface area contributed by atoms with Gasteiger partial charge in [-0.25, -0.2) is 4.98 Å². The topological polar surface area (TPSA) is 67.2 Å². The maximum Gasteiger partial charge on any atom is 0.277 e. The van der Waals surface area contributed by atoms with Crippen LogP contribution in [0.1, 0.15) is 27.5 Å². The number of aryl methyl sites for hydroxylation is 2. The Morgan fingerprint density at radius 3 is 2.79 bits per heavy atom. The minimum Gasteiger partial charge on any atom is -0.447 e. The lowest BCUT2D eigenvalue weighted by Crippen LogP contribution is -2.13. The molecule has 0 atom stereocenters. The molecule has 0 aliphatic rings. The quantitative estimate of drug-likeness (QED) is 0.883. The highest BCUT2D eigenvalue weighted by Crippen LogP contribution is 2.15. The molecular weight excluding hydrogens is 242 g/mol. The van der Waals surface area contributed by atoms with Crippen molar-refractivity contribution in [3.63, 3.8) is 0 Å². The number of anilines is 1. The zero-order valence-corrected chi connectivity index (χ0v) is 11.3. The van der Waals surface area contributed by atoms with Gasteiger partial charge in [0.25, 0.3) is 5.91 Å². The smallest absolute Gasteiger partial charge is 0.277 e. The van der Waals surface area contributed by atoms with Crippen molar-refractivity contribution in [2.75, 3.05) is 12.4 Å². The maximum absolute atomic E-state index is 12.0. The Balaban J connectivity index is 2.09. The predicted molar refractivity (Wildman–Crippen MR) is 73.1 cm³/mol. The van der Waals surface area contributed by atoms with Gasteiger partial charge < -0.3 is 15.1 Å².